The van der Waals surface area contributed by atoms with Gasteiger partial charge in [-0.3, -0.25) is 14.2 Å². The van der Waals surface area contributed by atoms with Crippen molar-refractivity contribution in [2.24, 2.45) is 11.8 Å². The van der Waals surface area contributed by atoms with Gasteiger partial charge in [-0.05, 0) is 107 Å². The second kappa shape index (κ2) is 22.7. The first-order valence-corrected chi connectivity index (χ1v) is 26.2. The third-order valence-electron chi connectivity index (χ3n) is 15.2. The number of alkyl carbamates (subject to hydrolysis) is 2. The molecule has 2 aromatic carbocycles. The van der Waals surface area contributed by atoms with Gasteiger partial charge in [-0.25, -0.2) is 28.9 Å². The number of hydrogen-bond donors (Lipinski definition) is 4. The van der Waals surface area contributed by atoms with Gasteiger partial charge in [0.1, 0.15) is 35.3 Å². The van der Waals surface area contributed by atoms with Crippen molar-refractivity contribution in [2.45, 2.75) is 121 Å². The van der Waals surface area contributed by atoms with Crippen LogP contribution >= 0.6 is 51.8 Å². The van der Waals surface area contributed by atoms with Crippen molar-refractivity contribution in [1.82, 2.24) is 49.9 Å². The summed E-state index contributed by atoms with van der Waals surface area (Å²) in [6.07, 6.45) is 9.73. The van der Waals surface area contributed by atoms with E-state index in [1.54, 1.807) is 28.6 Å². The molecule has 0 radical (unpaired) electrons. The summed E-state index contributed by atoms with van der Waals surface area (Å²) in [5, 5.41) is 7.48. The molecule has 23 heteroatoms. The quantitative estimate of drug-likeness (QED) is 0.0907. The molecule has 0 bridgehead atoms. The minimum Gasteiger partial charge on any atom is -0.464 e. The fourth-order valence-corrected chi connectivity index (χ4v) is 12.5. The molecule has 5 aliphatic rings. The van der Waals surface area contributed by atoms with Crippen LogP contribution in [0.5, 0.6) is 5.75 Å². The fourth-order valence-electron chi connectivity index (χ4n) is 11.3. The zero-order chi connectivity index (χ0) is 50.9. The van der Waals surface area contributed by atoms with E-state index in [1.807, 2.05) is 67.6 Å². The van der Waals surface area contributed by atoms with E-state index >= 15 is 4.39 Å². The highest BCUT2D eigenvalue weighted by Gasteiger charge is 2.44. The topological polar surface area (TPSA) is 211 Å². The highest BCUT2D eigenvalue weighted by molar-refractivity contribution is 7.59. The number of imidazole rings is 2. The van der Waals surface area contributed by atoms with Crippen molar-refractivity contribution in [3.8, 4) is 39.5 Å². The molecule has 8 heterocycles. The summed E-state index contributed by atoms with van der Waals surface area (Å²) in [7, 11) is 2.57. The van der Waals surface area contributed by atoms with Gasteiger partial charge in [-0.2, -0.15) is 40.5 Å². The number of halogens is 1. The Morgan fingerprint density at radius 2 is 1.45 bits per heavy atom. The van der Waals surface area contributed by atoms with Gasteiger partial charge in [-0.15, -0.1) is 11.3 Å². The fraction of sp³-hybridized carbons (Fsp3) is 0.491. The minimum atomic E-state index is -0.777. The Morgan fingerprint density at radius 1 is 0.803 bits per heavy atom. The molecule has 4 aromatic heterocycles. The highest BCUT2D eigenvalue weighted by Crippen LogP contribution is 2.50. The van der Waals surface area contributed by atoms with Crippen molar-refractivity contribution in [1.29, 1.82) is 0 Å². The number of H-pyrrole nitrogens is 2. The molecule has 11 rings (SSSR count). The highest BCUT2D eigenvalue weighted by atomic mass is 32.1. The first kappa shape index (κ1) is 56.5. The number of carbonyl (C=O) groups excluding carboxylic acids is 4. The molecule has 76 heavy (non-hydrogen) atoms. The van der Waals surface area contributed by atoms with Crippen LogP contribution in [0.15, 0.2) is 55.0 Å². The van der Waals surface area contributed by atoms with E-state index in [0.29, 0.717) is 91.2 Å². The Balaban J connectivity index is 0.00000255. The third kappa shape index (κ3) is 10.8. The number of nitrogens with zero attached hydrogens (tertiary/aromatic N) is 6. The van der Waals surface area contributed by atoms with E-state index < -0.39 is 41.9 Å². The van der Waals surface area contributed by atoms with Crippen molar-refractivity contribution >= 4 is 86.7 Å². The molecule has 4 fully saturated rings. The van der Waals surface area contributed by atoms with E-state index in [1.165, 1.54) is 20.3 Å². The predicted octanol–water partition coefficient (Wildman–Crippen LogP) is 9.48. The molecular formula is C53H67FN10O8S4. The maximum atomic E-state index is 17.0. The third-order valence-corrected chi connectivity index (χ3v) is 16.4. The summed E-state index contributed by atoms with van der Waals surface area (Å²) >= 11 is 1.62. The molecule has 1 saturated carbocycles. The Hall–Kier alpha value is -5.75. The van der Waals surface area contributed by atoms with Gasteiger partial charge in [0.25, 0.3) is 0 Å². The largest absolute Gasteiger partial charge is 0.464 e. The number of likely N-dealkylation sites (tertiary alicyclic amines) is 2. The number of ether oxygens (including phenoxy) is 4. The SMILES string of the molecule is COC(=O)NC(C(=O)N1CCC[C@H]1c1ncc(-c2ccc3c(c2)cc2n3C(c3cnc(C4CC4)s3)Oc3cc(-c4cnc([C@@H]5CCCN5C(=O)[C@@H](NC(=O)OC)C(C)C)[nH]4)cc(F)c3-2)[nH]1)C1CCOC(C)(C)C1.S.S.S. The molecule has 6 atom stereocenters. The van der Waals surface area contributed by atoms with Crippen molar-refractivity contribution in [3.05, 3.63) is 82.3 Å². The first-order chi connectivity index (χ1) is 35.2. The van der Waals surface area contributed by atoms with Gasteiger partial charge in [0.15, 0.2) is 0 Å². The second-order valence-corrected chi connectivity index (χ2v) is 22.0. The van der Waals surface area contributed by atoms with Gasteiger partial charge in [0, 0.05) is 48.3 Å². The zero-order valence-electron chi connectivity index (χ0n) is 43.3. The van der Waals surface area contributed by atoms with E-state index in [2.05, 4.69) is 26.7 Å². The summed E-state index contributed by atoms with van der Waals surface area (Å²) in [6, 6.07) is 9.17. The van der Waals surface area contributed by atoms with Crippen molar-refractivity contribution in [2.75, 3.05) is 33.9 Å². The lowest BCUT2D eigenvalue weighted by atomic mass is 9.82. The van der Waals surface area contributed by atoms with Gasteiger partial charge in [0.05, 0.1) is 82.3 Å². The lowest BCUT2D eigenvalue weighted by molar-refractivity contribution is -0.139. The Labute approximate surface area is 465 Å². The minimum absolute atomic E-state index is 0. The van der Waals surface area contributed by atoms with Crippen LogP contribution in [-0.2, 0) is 23.8 Å². The Kier molecular flexibility index (Phi) is 16.8. The van der Waals surface area contributed by atoms with E-state index in [9.17, 15) is 19.2 Å². The molecule has 18 nitrogen and oxygen atoms in total. The van der Waals surface area contributed by atoms with E-state index in [-0.39, 0.29) is 76.2 Å². The van der Waals surface area contributed by atoms with Crippen LogP contribution in [0.3, 0.4) is 0 Å². The molecule has 4 aliphatic heterocycles. The Morgan fingerprint density at radius 3 is 2.08 bits per heavy atom. The number of benzene rings is 2. The monoisotopic (exact) mass is 1120 g/mol. The van der Waals surface area contributed by atoms with Crippen molar-refractivity contribution in [3.63, 3.8) is 0 Å². The van der Waals surface area contributed by atoms with Crippen LogP contribution in [0.4, 0.5) is 14.0 Å². The number of rotatable bonds is 12. The summed E-state index contributed by atoms with van der Waals surface area (Å²) in [6.45, 7) is 9.27. The van der Waals surface area contributed by atoms with Crippen LogP contribution in [-0.4, -0.2) is 115 Å². The van der Waals surface area contributed by atoms with E-state index in [4.69, 9.17) is 33.9 Å². The summed E-state index contributed by atoms with van der Waals surface area (Å²) in [4.78, 5) is 78.8. The lowest BCUT2D eigenvalue weighted by Crippen LogP contribution is -2.54. The normalized spacial score (nSPS) is 21.3. The number of fused-ring (bicyclic) bond motifs is 5. The Bertz CT molecular complexity index is 3120. The molecule has 0 spiro atoms. The van der Waals surface area contributed by atoms with Crippen LogP contribution < -0.4 is 15.4 Å². The first-order valence-electron chi connectivity index (χ1n) is 25.3. The van der Waals surface area contributed by atoms with Crippen LogP contribution in [0, 0.1) is 17.7 Å². The molecule has 6 aromatic rings. The van der Waals surface area contributed by atoms with Crippen LogP contribution in [0.25, 0.3) is 44.7 Å². The number of hydrogen-bond acceptors (Lipinski definition) is 12. The number of aromatic amines is 2. The van der Waals surface area contributed by atoms with Crippen LogP contribution in [0.2, 0.25) is 0 Å². The zero-order valence-corrected chi connectivity index (χ0v) is 47.1. The number of amides is 4. The summed E-state index contributed by atoms with van der Waals surface area (Å²) in [5.41, 5.74) is 4.13. The van der Waals surface area contributed by atoms with Crippen molar-refractivity contribution < 1.29 is 42.5 Å². The van der Waals surface area contributed by atoms with E-state index in [0.717, 1.165) is 57.7 Å². The maximum absolute atomic E-state index is 17.0. The smallest absolute Gasteiger partial charge is 0.407 e. The average Bonchev–Trinajstić information content (AvgIpc) is 4.15. The van der Waals surface area contributed by atoms with Gasteiger partial charge >= 0.3 is 12.2 Å². The second-order valence-electron chi connectivity index (χ2n) is 20.9. The maximum Gasteiger partial charge on any atom is 0.407 e. The molecule has 3 unspecified atom stereocenters. The molecule has 4 amide bonds. The number of carbonyl (C=O) groups is 4. The van der Waals surface area contributed by atoms with Crippen LogP contribution in [0.1, 0.15) is 125 Å². The molecule has 1 aliphatic carbocycles. The van der Waals surface area contributed by atoms with Gasteiger partial charge in [-0.1, -0.05) is 19.9 Å². The average molecular weight is 1120 g/mol. The number of methoxy groups -OCH3 is 2. The van der Waals surface area contributed by atoms with Gasteiger partial charge in [0.2, 0.25) is 18.0 Å². The predicted molar refractivity (Wildman–Crippen MR) is 300 cm³/mol. The lowest BCUT2D eigenvalue weighted by Gasteiger charge is -2.40. The number of aromatic nitrogens is 6. The number of thiazole rings is 1. The van der Waals surface area contributed by atoms with Gasteiger partial charge < -0.3 is 49.3 Å². The summed E-state index contributed by atoms with van der Waals surface area (Å²) < 4.78 is 41.6. The molecule has 4 N–H and O–H groups in total. The molecular weight excluding hydrogens is 1050 g/mol. The summed E-state index contributed by atoms with van der Waals surface area (Å²) in [5.74, 6) is 0.874. The number of nitrogens with one attached hydrogen (secondary N) is 4. The standard InChI is InChI=1S/C53H61FN10O8S.3H2S/c1-27(2)43(60-51(67)69-5)48(65)62-16-7-9-37(62)46-56-25-35(59-46)31-20-33(54)42-39-21-32-19-29(13-14-36(32)64(39)50(72-40(42)22-31)41-26-57-47(73-41)28-11-12-28)34-24-55-45(58-34)38-10-8-17-63(38)49(66)44(61-52(68)70-6)30-15-18-71-53(3,4)23-30;;;/h13-14,19-22,24-28,30,37-38,43-44,50H,7-12,15-18,23H2,1-6H3,(H,55,58)(H,56,59)(H,60,67)(H,61,68);3*1H2/t30?,37-,38-,43-,44?,50?;;;/m0.../s1. The molecule has 408 valence electrons. The molecule has 3 saturated heterocycles.